The van der Waals surface area contributed by atoms with E-state index in [0.717, 1.165) is 41.2 Å². The molecule has 0 saturated heterocycles. The van der Waals surface area contributed by atoms with E-state index in [1.807, 2.05) is 42.2 Å². The first-order valence-corrected chi connectivity index (χ1v) is 9.16. The van der Waals surface area contributed by atoms with Crippen LogP contribution in [-0.4, -0.2) is 37.8 Å². The molecule has 1 N–H and O–H groups in total. The lowest BCUT2D eigenvalue weighted by Gasteiger charge is -2.29. The van der Waals surface area contributed by atoms with Gasteiger partial charge in [0, 0.05) is 25.2 Å². The molecule has 0 unspecified atom stereocenters. The van der Waals surface area contributed by atoms with Crippen LogP contribution < -0.4 is 19.5 Å². The van der Waals surface area contributed by atoms with Crippen LogP contribution in [0, 0.1) is 0 Å². The Morgan fingerprint density at radius 3 is 2.59 bits per heavy atom. The van der Waals surface area contributed by atoms with Crippen LogP contribution in [0.5, 0.6) is 17.2 Å². The molecular formula is C21H24N2O4. The molecular weight excluding hydrogens is 344 g/mol. The number of hydrogen-bond donors (Lipinski definition) is 1. The normalized spacial score (nSPS) is 17.6. The Bertz CT molecular complexity index is 881. The van der Waals surface area contributed by atoms with Gasteiger partial charge in [0.25, 0.3) is 0 Å². The number of carbonyl (C=O) groups excluding carboxylic acids is 1. The summed E-state index contributed by atoms with van der Waals surface area (Å²) in [6, 6.07) is 9.69. The Kier molecular flexibility index (Phi) is 4.56. The molecule has 2 aromatic rings. The number of urea groups is 1. The molecule has 2 aromatic carbocycles. The maximum atomic E-state index is 12.7. The molecule has 2 heterocycles. The van der Waals surface area contributed by atoms with Gasteiger partial charge in [-0.25, -0.2) is 4.79 Å². The fourth-order valence-corrected chi connectivity index (χ4v) is 3.76. The second kappa shape index (κ2) is 7.02. The summed E-state index contributed by atoms with van der Waals surface area (Å²) in [7, 11) is 3.26. The van der Waals surface area contributed by atoms with Gasteiger partial charge in [0.05, 0.1) is 14.2 Å². The number of amides is 2. The monoisotopic (exact) mass is 368 g/mol. The lowest BCUT2D eigenvalue weighted by atomic mass is 9.99. The molecule has 0 aliphatic carbocycles. The van der Waals surface area contributed by atoms with Gasteiger partial charge >= 0.3 is 6.03 Å². The van der Waals surface area contributed by atoms with E-state index in [2.05, 4.69) is 5.32 Å². The van der Waals surface area contributed by atoms with Crippen LogP contribution >= 0.6 is 0 Å². The number of anilines is 1. The Balaban J connectivity index is 1.47. The minimum Gasteiger partial charge on any atom is -0.493 e. The molecule has 142 valence electrons. The van der Waals surface area contributed by atoms with E-state index in [1.54, 1.807) is 14.2 Å². The van der Waals surface area contributed by atoms with Gasteiger partial charge in [-0.1, -0.05) is 0 Å². The van der Waals surface area contributed by atoms with E-state index in [1.165, 1.54) is 5.56 Å². The van der Waals surface area contributed by atoms with Crippen LogP contribution in [0.15, 0.2) is 30.3 Å². The molecule has 6 nitrogen and oxygen atoms in total. The van der Waals surface area contributed by atoms with Crippen LogP contribution in [0.4, 0.5) is 10.5 Å². The summed E-state index contributed by atoms with van der Waals surface area (Å²) in [4.78, 5) is 14.6. The first-order chi connectivity index (χ1) is 13.1. The highest BCUT2D eigenvalue weighted by Crippen LogP contribution is 2.34. The predicted octanol–water partition coefficient (Wildman–Crippen LogP) is 3.62. The van der Waals surface area contributed by atoms with Gasteiger partial charge in [0.15, 0.2) is 11.5 Å². The van der Waals surface area contributed by atoms with Crippen molar-refractivity contribution in [2.24, 2.45) is 0 Å². The molecule has 6 heteroatoms. The second-order valence-electron chi connectivity index (χ2n) is 7.03. The van der Waals surface area contributed by atoms with Crippen molar-refractivity contribution in [2.45, 2.75) is 32.4 Å². The summed E-state index contributed by atoms with van der Waals surface area (Å²) < 4.78 is 16.5. The van der Waals surface area contributed by atoms with Gasteiger partial charge in [-0.15, -0.1) is 0 Å². The standard InChI is InChI=1S/C21H24N2O4/c1-13-8-15-9-17(4-5-18(15)27-13)22-21(24)23-7-6-14-10-19(25-2)20(26-3)11-16(14)12-23/h4-5,9-11,13H,6-8,12H2,1-3H3,(H,22,24)/t13-/m1/s1. The summed E-state index contributed by atoms with van der Waals surface area (Å²) in [6.45, 7) is 3.26. The highest BCUT2D eigenvalue weighted by molar-refractivity contribution is 5.89. The Labute approximate surface area is 159 Å². The van der Waals surface area contributed by atoms with E-state index >= 15 is 0 Å². The molecule has 0 saturated carbocycles. The van der Waals surface area contributed by atoms with Gasteiger partial charge in [0.2, 0.25) is 0 Å². The number of benzene rings is 2. The summed E-state index contributed by atoms with van der Waals surface area (Å²) in [5, 5.41) is 3.01. The average molecular weight is 368 g/mol. The van der Waals surface area contributed by atoms with E-state index in [-0.39, 0.29) is 12.1 Å². The molecule has 4 rings (SSSR count). The van der Waals surface area contributed by atoms with E-state index in [9.17, 15) is 4.79 Å². The van der Waals surface area contributed by atoms with Crippen molar-refractivity contribution in [2.75, 3.05) is 26.1 Å². The molecule has 0 fully saturated rings. The Hall–Kier alpha value is -2.89. The lowest BCUT2D eigenvalue weighted by molar-refractivity contribution is 0.206. The van der Waals surface area contributed by atoms with E-state index < -0.39 is 0 Å². The molecule has 1 atom stereocenters. The van der Waals surface area contributed by atoms with Gasteiger partial charge in [-0.05, 0) is 60.4 Å². The van der Waals surface area contributed by atoms with Crippen molar-refractivity contribution in [3.63, 3.8) is 0 Å². The predicted molar refractivity (Wildman–Crippen MR) is 103 cm³/mol. The fraction of sp³-hybridized carbons (Fsp3) is 0.381. The number of methoxy groups -OCH3 is 2. The van der Waals surface area contributed by atoms with E-state index in [4.69, 9.17) is 14.2 Å². The quantitative estimate of drug-likeness (QED) is 0.899. The van der Waals surface area contributed by atoms with Crippen LogP contribution in [0.2, 0.25) is 0 Å². The van der Waals surface area contributed by atoms with Crippen molar-refractivity contribution in [3.05, 3.63) is 47.0 Å². The first kappa shape index (κ1) is 17.5. The minimum absolute atomic E-state index is 0.0950. The van der Waals surface area contributed by atoms with Crippen molar-refractivity contribution in [3.8, 4) is 17.2 Å². The second-order valence-corrected chi connectivity index (χ2v) is 7.03. The molecule has 0 bridgehead atoms. The van der Waals surface area contributed by atoms with Crippen molar-refractivity contribution in [1.29, 1.82) is 0 Å². The van der Waals surface area contributed by atoms with Gasteiger partial charge in [-0.3, -0.25) is 0 Å². The summed E-state index contributed by atoms with van der Waals surface area (Å²) in [5.41, 5.74) is 4.22. The number of fused-ring (bicyclic) bond motifs is 2. The van der Waals surface area contributed by atoms with Crippen LogP contribution in [0.3, 0.4) is 0 Å². The number of carbonyl (C=O) groups is 1. The highest BCUT2D eigenvalue weighted by atomic mass is 16.5. The molecule has 0 radical (unpaired) electrons. The van der Waals surface area contributed by atoms with Gasteiger partial charge < -0.3 is 24.4 Å². The molecule has 0 aromatic heterocycles. The van der Waals surface area contributed by atoms with Gasteiger partial charge in [-0.2, -0.15) is 0 Å². The zero-order valence-electron chi connectivity index (χ0n) is 15.9. The first-order valence-electron chi connectivity index (χ1n) is 9.16. The highest BCUT2D eigenvalue weighted by Gasteiger charge is 2.24. The lowest BCUT2D eigenvalue weighted by Crippen LogP contribution is -2.38. The molecule has 2 aliphatic rings. The number of nitrogens with one attached hydrogen (secondary N) is 1. The third-order valence-electron chi connectivity index (χ3n) is 5.15. The number of nitrogens with zero attached hydrogens (tertiary/aromatic N) is 1. The van der Waals surface area contributed by atoms with Crippen LogP contribution in [0.1, 0.15) is 23.6 Å². The summed E-state index contributed by atoms with van der Waals surface area (Å²) in [5.74, 6) is 2.32. The van der Waals surface area contributed by atoms with Crippen molar-refractivity contribution >= 4 is 11.7 Å². The number of hydrogen-bond acceptors (Lipinski definition) is 4. The molecule has 2 aliphatic heterocycles. The largest absolute Gasteiger partial charge is 0.493 e. The third-order valence-corrected chi connectivity index (χ3v) is 5.15. The smallest absolute Gasteiger partial charge is 0.322 e. The van der Waals surface area contributed by atoms with Crippen molar-refractivity contribution < 1.29 is 19.0 Å². The summed E-state index contributed by atoms with van der Waals surface area (Å²) in [6.07, 6.45) is 1.85. The molecule has 27 heavy (non-hydrogen) atoms. The van der Waals surface area contributed by atoms with Crippen LogP contribution in [0.25, 0.3) is 0 Å². The summed E-state index contributed by atoms with van der Waals surface area (Å²) >= 11 is 0. The zero-order valence-corrected chi connectivity index (χ0v) is 15.9. The van der Waals surface area contributed by atoms with Crippen LogP contribution in [-0.2, 0) is 19.4 Å². The van der Waals surface area contributed by atoms with Gasteiger partial charge in [0.1, 0.15) is 11.9 Å². The Morgan fingerprint density at radius 2 is 1.85 bits per heavy atom. The molecule has 0 spiro atoms. The minimum atomic E-state index is -0.0950. The number of ether oxygens (including phenoxy) is 3. The maximum absolute atomic E-state index is 12.7. The number of rotatable bonds is 3. The molecule has 2 amide bonds. The zero-order chi connectivity index (χ0) is 19.0. The average Bonchev–Trinajstić information content (AvgIpc) is 3.05. The van der Waals surface area contributed by atoms with Crippen molar-refractivity contribution in [1.82, 2.24) is 4.90 Å². The maximum Gasteiger partial charge on any atom is 0.322 e. The third kappa shape index (κ3) is 3.39. The Morgan fingerprint density at radius 1 is 1.11 bits per heavy atom. The topological polar surface area (TPSA) is 60.0 Å². The van der Waals surface area contributed by atoms with E-state index in [0.29, 0.717) is 18.8 Å². The SMILES string of the molecule is COc1cc2c(cc1OC)CN(C(=O)Nc1ccc3c(c1)C[C@@H](C)O3)CC2. The fourth-order valence-electron chi connectivity index (χ4n) is 3.76.